The van der Waals surface area contributed by atoms with Crippen molar-refractivity contribution in [3.05, 3.63) is 14.4 Å². The van der Waals surface area contributed by atoms with E-state index in [1.807, 2.05) is 0 Å². The Morgan fingerprint density at radius 3 is 1.25 bits per heavy atom. The molecular formula is C3H8Dy-2. The smallest absolute Gasteiger partial charge is 0 e. The molecule has 0 saturated heterocycles. The molecule has 0 aromatic carbocycles. The van der Waals surface area contributed by atoms with Gasteiger partial charge in [0, 0.05) is 38.2 Å². The average molecular weight is 207 g/mol. The average Bonchev–Trinajstić information content (AvgIpc) is 1.00. The fraction of sp³-hybridized carbons (Fsp3) is 0.333. The van der Waals surface area contributed by atoms with E-state index in [2.05, 4.69) is 6.92 Å². The molecule has 0 aromatic rings. The van der Waals surface area contributed by atoms with E-state index in [-0.39, 0.29) is 45.6 Å². The van der Waals surface area contributed by atoms with Gasteiger partial charge in [0.2, 0.25) is 0 Å². The molecule has 0 aromatic heterocycles. The molecule has 0 aliphatic carbocycles. The normalized spacial score (nSPS) is 1.50. The number of hydrogen-bond donors (Lipinski definition) is 0. The van der Waals surface area contributed by atoms with Crippen LogP contribution in [0.1, 0.15) is 6.92 Å². The van der Waals surface area contributed by atoms with Gasteiger partial charge in [-0.1, -0.05) is 0 Å². The summed E-state index contributed by atoms with van der Waals surface area (Å²) in [5.74, 6) is 0. The Morgan fingerprint density at radius 2 is 1.25 bits per heavy atom. The minimum absolute atomic E-state index is 0. The maximum atomic E-state index is 3.25. The molecule has 0 nitrogen and oxygen atoms in total. The van der Waals surface area contributed by atoms with Gasteiger partial charge in [-0.25, -0.2) is 0 Å². The zero-order chi connectivity index (χ0) is 2.00. The summed E-state index contributed by atoms with van der Waals surface area (Å²) >= 11 is 0. The van der Waals surface area contributed by atoms with Gasteiger partial charge in [-0.15, -0.1) is 0 Å². The van der Waals surface area contributed by atoms with Crippen LogP contribution in [-0.4, -0.2) is 0 Å². The van der Waals surface area contributed by atoms with Crippen LogP contribution in [0.4, 0.5) is 0 Å². The van der Waals surface area contributed by atoms with Crippen molar-refractivity contribution in [2.45, 2.75) is 6.92 Å². The van der Waals surface area contributed by atoms with Crippen LogP contribution in [0.3, 0.4) is 0 Å². The van der Waals surface area contributed by atoms with Gasteiger partial charge in [0.05, 0.1) is 0 Å². The summed E-state index contributed by atoms with van der Waals surface area (Å²) in [4.78, 5) is 0. The van der Waals surface area contributed by atoms with Gasteiger partial charge in [-0.3, -0.25) is 0 Å². The van der Waals surface area contributed by atoms with Gasteiger partial charge in [0.25, 0.3) is 0 Å². The van der Waals surface area contributed by atoms with E-state index in [9.17, 15) is 0 Å². The van der Waals surface area contributed by atoms with Crippen molar-refractivity contribution in [2.24, 2.45) is 0 Å². The van der Waals surface area contributed by atoms with E-state index in [4.69, 9.17) is 0 Å². The first-order chi connectivity index (χ1) is 1.00. The van der Waals surface area contributed by atoms with Crippen LogP contribution in [0, 0.1) is 52.5 Å². The third kappa shape index (κ3) is 10.4. The molecule has 0 radical (unpaired) electrons. The van der Waals surface area contributed by atoms with Gasteiger partial charge in [0.15, 0.2) is 0 Å². The van der Waals surface area contributed by atoms with Gasteiger partial charge in [-0.2, -0.15) is 6.92 Å². The SMILES string of the molecule is [CH2-]C.[CH3-].[Dy]. The predicted molar refractivity (Wildman–Crippen MR) is 17.4 cm³/mol. The van der Waals surface area contributed by atoms with Crippen LogP contribution >= 0.6 is 0 Å². The zero-order valence-corrected chi connectivity index (χ0v) is 5.05. The number of hydrogen-bond acceptors (Lipinski definition) is 0. The largest absolute Gasteiger partial charge is 0.358 e. The molecule has 1 heteroatoms. The molecule has 0 bridgehead atoms. The second-order valence-electron chi connectivity index (χ2n) is 0. The van der Waals surface area contributed by atoms with Gasteiger partial charge >= 0.3 is 0 Å². The van der Waals surface area contributed by atoms with E-state index in [1.165, 1.54) is 0 Å². The summed E-state index contributed by atoms with van der Waals surface area (Å²) in [5.41, 5.74) is 0. The van der Waals surface area contributed by atoms with E-state index >= 15 is 0 Å². The molecule has 0 amide bonds. The maximum absolute atomic E-state index is 3.25. The fourth-order valence-corrected chi connectivity index (χ4v) is 0. The third-order valence-electron chi connectivity index (χ3n) is 0. The van der Waals surface area contributed by atoms with Crippen LogP contribution in [0.5, 0.6) is 0 Å². The standard InChI is InChI=1S/C2H5.CH3.Dy/c1-2;;/h1H2,2H3;1H3;/q2*-1;. The Hall–Kier alpha value is 1.27. The van der Waals surface area contributed by atoms with Crippen LogP contribution in [0.25, 0.3) is 0 Å². The maximum Gasteiger partial charge on any atom is 0 e. The molecular weight excluding hydrogens is 199 g/mol. The van der Waals surface area contributed by atoms with Crippen molar-refractivity contribution in [1.29, 1.82) is 0 Å². The van der Waals surface area contributed by atoms with Crippen molar-refractivity contribution in [3.63, 3.8) is 0 Å². The Bertz CT molecular complexity index is 3.25. The molecule has 0 fully saturated rings. The number of rotatable bonds is 0. The Labute approximate surface area is 59.0 Å². The van der Waals surface area contributed by atoms with E-state index in [0.29, 0.717) is 0 Å². The summed E-state index contributed by atoms with van der Waals surface area (Å²) in [5, 5.41) is 0. The summed E-state index contributed by atoms with van der Waals surface area (Å²) in [7, 11) is 0. The molecule has 0 heterocycles. The fourth-order valence-electron chi connectivity index (χ4n) is 0. The van der Waals surface area contributed by atoms with Crippen LogP contribution < -0.4 is 0 Å². The molecule has 0 spiro atoms. The second-order valence-corrected chi connectivity index (χ2v) is 0. The minimum Gasteiger partial charge on any atom is -0.358 e. The van der Waals surface area contributed by atoms with Crippen LogP contribution in [0.15, 0.2) is 0 Å². The monoisotopic (exact) mass is 208 g/mol. The minimum atomic E-state index is 0. The van der Waals surface area contributed by atoms with Crippen molar-refractivity contribution >= 4 is 0 Å². The molecule has 4 heavy (non-hydrogen) atoms. The van der Waals surface area contributed by atoms with Gasteiger partial charge < -0.3 is 14.4 Å². The first-order valence-corrected chi connectivity index (χ1v) is 0.707. The summed E-state index contributed by atoms with van der Waals surface area (Å²) in [6, 6.07) is 0. The van der Waals surface area contributed by atoms with Gasteiger partial charge in [-0.05, 0) is 0 Å². The summed E-state index contributed by atoms with van der Waals surface area (Å²) in [6.45, 7) is 5.00. The van der Waals surface area contributed by atoms with Crippen LogP contribution in [-0.2, 0) is 0 Å². The molecule has 0 saturated carbocycles. The molecule has 0 atom stereocenters. The first kappa shape index (κ1) is 18.6. The Balaban J connectivity index is -0.00000000500. The quantitative estimate of drug-likeness (QED) is 0.524. The van der Waals surface area contributed by atoms with Crippen molar-refractivity contribution in [3.8, 4) is 0 Å². The van der Waals surface area contributed by atoms with E-state index in [1.54, 1.807) is 6.92 Å². The molecule has 0 aliphatic heterocycles. The summed E-state index contributed by atoms with van der Waals surface area (Å²) in [6.07, 6.45) is 0. The first-order valence-electron chi connectivity index (χ1n) is 0.707. The van der Waals surface area contributed by atoms with Crippen molar-refractivity contribution < 1.29 is 38.2 Å². The molecule has 0 N–H and O–H groups in total. The molecule has 0 rings (SSSR count). The van der Waals surface area contributed by atoms with Gasteiger partial charge in [0.1, 0.15) is 0 Å². The zero-order valence-electron chi connectivity index (χ0n) is 3.02. The van der Waals surface area contributed by atoms with E-state index < -0.39 is 0 Å². The van der Waals surface area contributed by atoms with E-state index in [0.717, 1.165) is 0 Å². The van der Waals surface area contributed by atoms with Crippen molar-refractivity contribution in [2.75, 3.05) is 0 Å². The molecule has 0 aliphatic rings. The predicted octanol–water partition coefficient (Wildman–Crippen LogP) is 1.29. The Kier molecular flexibility index (Phi) is 132. The molecule has 32 valence electrons. The Morgan fingerprint density at radius 1 is 1.25 bits per heavy atom. The van der Waals surface area contributed by atoms with Crippen molar-refractivity contribution in [1.82, 2.24) is 0 Å². The topological polar surface area (TPSA) is 0 Å². The second kappa shape index (κ2) is 28.3. The third-order valence-corrected chi connectivity index (χ3v) is 0. The van der Waals surface area contributed by atoms with Crippen LogP contribution in [0.2, 0.25) is 0 Å². The summed E-state index contributed by atoms with van der Waals surface area (Å²) < 4.78 is 0. The molecule has 0 unspecified atom stereocenters.